The molecule has 0 bridgehead atoms. The van der Waals surface area contributed by atoms with Crippen molar-refractivity contribution >= 4 is 51.0 Å². The Morgan fingerprint density at radius 2 is 1.94 bits per heavy atom. The van der Waals surface area contributed by atoms with Gasteiger partial charge in [-0.05, 0) is 31.5 Å². The Balaban J connectivity index is 1.40. The lowest BCUT2D eigenvalue weighted by Gasteiger charge is -2.06. The van der Waals surface area contributed by atoms with Crippen molar-refractivity contribution in [1.82, 2.24) is 15.5 Å². The normalized spacial score (nSPS) is 10.6. The van der Waals surface area contributed by atoms with Gasteiger partial charge in [0.05, 0.1) is 23.5 Å². The van der Waals surface area contributed by atoms with Crippen molar-refractivity contribution in [3.63, 3.8) is 0 Å². The molecule has 3 aromatic rings. The first-order chi connectivity index (χ1) is 15.4. The molecule has 0 aliphatic rings. The minimum absolute atomic E-state index is 0.0352. The van der Waals surface area contributed by atoms with Gasteiger partial charge in [-0.15, -0.1) is 11.3 Å². The Bertz CT molecular complexity index is 1150. The number of hydrogen-bond donors (Lipinski definition) is 3. The molecule has 0 unspecified atom stereocenters. The van der Waals surface area contributed by atoms with Gasteiger partial charge in [0.15, 0.2) is 12.3 Å². The Kier molecular flexibility index (Phi) is 7.55. The fourth-order valence-corrected chi connectivity index (χ4v) is 3.82. The Hall–Kier alpha value is -3.73. The van der Waals surface area contributed by atoms with E-state index in [2.05, 4.69) is 20.8 Å². The van der Waals surface area contributed by atoms with Gasteiger partial charge in [-0.2, -0.15) is 5.10 Å². The van der Waals surface area contributed by atoms with Crippen molar-refractivity contribution in [2.45, 2.75) is 20.3 Å². The number of aryl methyl sites for hydroxylation is 1. The highest BCUT2D eigenvalue weighted by Gasteiger charge is 2.17. The average molecular weight is 458 g/mol. The topological polar surface area (TPSA) is 139 Å². The molecule has 3 N–H and O–H groups in total. The molecule has 0 fully saturated rings. The van der Waals surface area contributed by atoms with E-state index in [-0.39, 0.29) is 25.3 Å². The van der Waals surface area contributed by atoms with E-state index in [4.69, 9.17) is 9.47 Å². The van der Waals surface area contributed by atoms with Crippen molar-refractivity contribution in [3.8, 4) is 0 Å². The number of benzene rings is 1. The maximum absolute atomic E-state index is 12.2. The number of rotatable bonds is 9. The molecule has 0 spiro atoms. The molecule has 168 valence electrons. The maximum Gasteiger partial charge on any atom is 0.348 e. The van der Waals surface area contributed by atoms with Crippen LogP contribution in [0.15, 0.2) is 30.3 Å². The van der Waals surface area contributed by atoms with Crippen LogP contribution in [0.1, 0.15) is 39.1 Å². The van der Waals surface area contributed by atoms with E-state index in [1.807, 2.05) is 6.07 Å². The van der Waals surface area contributed by atoms with Crippen LogP contribution in [0.3, 0.4) is 0 Å². The molecule has 0 aliphatic heterocycles. The first-order valence-corrected chi connectivity index (χ1v) is 10.6. The van der Waals surface area contributed by atoms with Gasteiger partial charge in [0.25, 0.3) is 11.8 Å². The summed E-state index contributed by atoms with van der Waals surface area (Å²) in [5, 5.41) is 13.1. The number of amides is 2. The molecule has 2 amide bonds. The number of aromatic nitrogens is 2. The van der Waals surface area contributed by atoms with Crippen LogP contribution in [0, 0.1) is 6.92 Å². The van der Waals surface area contributed by atoms with Crippen molar-refractivity contribution in [2.24, 2.45) is 0 Å². The summed E-state index contributed by atoms with van der Waals surface area (Å²) in [4.78, 5) is 48.4. The van der Waals surface area contributed by atoms with Gasteiger partial charge in [0.1, 0.15) is 4.88 Å². The second-order valence-corrected chi connectivity index (χ2v) is 7.73. The van der Waals surface area contributed by atoms with Crippen LogP contribution in [0.4, 0.5) is 5.00 Å². The third-order valence-corrected chi connectivity index (χ3v) is 5.44. The van der Waals surface area contributed by atoms with Gasteiger partial charge in [-0.3, -0.25) is 19.5 Å². The molecule has 11 heteroatoms. The number of esters is 2. The second kappa shape index (κ2) is 10.5. The number of H-pyrrole nitrogens is 1. The first-order valence-electron chi connectivity index (χ1n) is 9.83. The van der Waals surface area contributed by atoms with Crippen molar-refractivity contribution in [1.29, 1.82) is 0 Å². The number of carbonyl (C=O) groups is 4. The van der Waals surface area contributed by atoms with Crippen LogP contribution in [0.25, 0.3) is 10.9 Å². The molecule has 10 nitrogen and oxygen atoms in total. The zero-order valence-corrected chi connectivity index (χ0v) is 18.3. The molecular formula is C21H22N4O6S. The number of fused-ring (bicyclic) bond motifs is 1. The van der Waals surface area contributed by atoms with Gasteiger partial charge in [-0.1, -0.05) is 18.2 Å². The third-order valence-electron chi connectivity index (χ3n) is 4.31. The van der Waals surface area contributed by atoms with Gasteiger partial charge in [0.2, 0.25) is 0 Å². The predicted molar refractivity (Wildman–Crippen MR) is 118 cm³/mol. The molecule has 0 aliphatic carbocycles. The third kappa shape index (κ3) is 5.70. The summed E-state index contributed by atoms with van der Waals surface area (Å²) >= 11 is 1.08. The maximum atomic E-state index is 12.2. The minimum Gasteiger partial charge on any atom is -0.462 e. The van der Waals surface area contributed by atoms with Crippen LogP contribution < -0.4 is 10.6 Å². The van der Waals surface area contributed by atoms with Crippen LogP contribution in [0.5, 0.6) is 0 Å². The van der Waals surface area contributed by atoms with Crippen LogP contribution in [-0.2, 0) is 19.1 Å². The molecule has 2 heterocycles. The molecule has 2 aromatic heterocycles. The predicted octanol–water partition coefficient (Wildman–Crippen LogP) is 2.41. The summed E-state index contributed by atoms with van der Waals surface area (Å²) in [5.41, 5.74) is 1.65. The summed E-state index contributed by atoms with van der Waals surface area (Å²) in [5.74, 6) is -2.05. The molecule has 3 rings (SSSR count). The van der Waals surface area contributed by atoms with Crippen molar-refractivity contribution < 1.29 is 28.7 Å². The second-order valence-electron chi connectivity index (χ2n) is 6.68. The van der Waals surface area contributed by atoms with E-state index in [0.717, 1.165) is 16.9 Å². The number of thiophene rings is 1. The Morgan fingerprint density at radius 3 is 2.72 bits per heavy atom. The number of aromatic amines is 1. The molecular weight excluding hydrogens is 436 g/mol. The number of nitrogens with zero attached hydrogens (tertiary/aromatic N) is 1. The first kappa shape index (κ1) is 22.9. The molecule has 32 heavy (non-hydrogen) atoms. The highest BCUT2D eigenvalue weighted by Crippen LogP contribution is 2.27. The number of hydrogen-bond acceptors (Lipinski definition) is 8. The van der Waals surface area contributed by atoms with Crippen LogP contribution in [0.2, 0.25) is 0 Å². The van der Waals surface area contributed by atoms with Crippen molar-refractivity contribution in [3.05, 3.63) is 46.5 Å². The van der Waals surface area contributed by atoms with E-state index >= 15 is 0 Å². The van der Waals surface area contributed by atoms with Gasteiger partial charge < -0.3 is 20.1 Å². The Morgan fingerprint density at radius 1 is 1.16 bits per heavy atom. The SMILES string of the molecule is CCOC(=O)c1sc(NC(=O)COC(=O)CCNC(=O)c2n[nH]c3ccccc23)cc1C. The Labute approximate surface area is 187 Å². The van der Waals surface area contributed by atoms with Gasteiger partial charge in [-0.25, -0.2) is 4.79 Å². The largest absolute Gasteiger partial charge is 0.462 e. The molecule has 0 saturated heterocycles. The number of para-hydroxylation sites is 1. The van der Waals surface area contributed by atoms with E-state index in [0.29, 0.717) is 20.8 Å². The lowest BCUT2D eigenvalue weighted by Crippen LogP contribution is -2.28. The summed E-state index contributed by atoms with van der Waals surface area (Å²) in [7, 11) is 0. The number of carbonyl (C=O) groups excluding carboxylic acids is 4. The standard InChI is InChI=1S/C21H22N4O6S/c1-3-30-21(29)19-12(2)10-16(32-19)23-15(26)11-31-17(27)8-9-22-20(28)18-13-6-4-5-7-14(13)24-25-18/h4-7,10H,3,8-9,11H2,1-2H3,(H,22,28)(H,23,26)(H,24,25). The number of anilines is 1. The molecule has 1 aromatic carbocycles. The van der Waals surface area contributed by atoms with E-state index in [1.54, 1.807) is 38.1 Å². The fraction of sp³-hybridized carbons (Fsp3) is 0.286. The number of ether oxygens (including phenoxy) is 2. The van der Waals surface area contributed by atoms with E-state index in [1.165, 1.54) is 0 Å². The average Bonchev–Trinajstić information content (AvgIpc) is 3.35. The van der Waals surface area contributed by atoms with Gasteiger partial charge in [0, 0.05) is 11.9 Å². The molecule has 0 saturated carbocycles. The smallest absolute Gasteiger partial charge is 0.348 e. The summed E-state index contributed by atoms with van der Waals surface area (Å²) < 4.78 is 9.89. The van der Waals surface area contributed by atoms with E-state index in [9.17, 15) is 19.2 Å². The summed E-state index contributed by atoms with van der Waals surface area (Å²) in [6.07, 6.45) is -0.105. The van der Waals surface area contributed by atoms with Crippen LogP contribution >= 0.6 is 11.3 Å². The van der Waals surface area contributed by atoms with E-state index < -0.39 is 30.4 Å². The highest BCUT2D eigenvalue weighted by molar-refractivity contribution is 7.18. The molecule has 0 radical (unpaired) electrons. The highest BCUT2D eigenvalue weighted by atomic mass is 32.1. The summed E-state index contributed by atoms with van der Waals surface area (Å²) in [6.45, 7) is 3.25. The zero-order chi connectivity index (χ0) is 23.1. The van der Waals surface area contributed by atoms with Crippen LogP contribution in [-0.4, -0.2) is 53.7 Å². The lowest BCUT2D eigenvalue weighted by atomic mass is 10.2. The minimum atomic E-state index is -0.637. The molecule has 0 atom stereocenters. The summed E-state index contributed by atoms with van der Waals surface area (Å²) in [6, 6.07) is 8.84. The monoisotopic (exact) mass is 458 g/mol. The van der Waals surface area contributed by atoms with Gasteiger partial charge >= 0.3 is 11.9 Å². The van der Waals surface area contributed by atoms with Crippen molar-refractivity contribution in [2.75, 3.05) is 25.1 Å². The quantitative estimate of drug-likeness (QED) is 0.418. The fourth-order valence-electron chi connectivity index (χ4n) is 2.83. The number of nitrogens with one attached hydrogen (secondary N) is 3. The zero-order valence-electron chi connectivity index (χ0n) is 17.5. The lowest BCUT2D eigenvalue weighted by molar-refractivity contribution is -0.147.